The van der Waals surface area contributed by atoms with Crippen molar-refractivity contribution in [1.82, 2.24) is 15.1 Å². The predicted octanol–water partition coefficient (Wildman–Crippen LogP) is 0.639. The van der Waals surface area contributed by atoms with Gasteiger partial charge in [0.25, 0.3) is 0 Å². The lowest BCUT2D eigenvalue weighted by molar-refractivity contribution is 0.154. The van der Waals surface area contributed by atoms with Crippen LogP contribution < -0.4 is 5.32 Å². The molecule has 1 heterocycles. The van der Waals surface area contributed by atoms with Gasteiger partial charge >= 0.3 is 0 Å². The second-order valence-electron chi connectivity index (χ2n) is 5.93. The van der Waals surface area contributed by atoms with Crippen molar-refractivity contribution in [1.29, 1.82) is 0 Å². The Balaban J connectivity index is 1.51. The summed E-state index contributed by atoms with van der Waals surface area (Å²) in [4.78, 5) is 4.97. The molecule has 1 saturated heterocycles. The van der Waals surface area contributed by atoms with Crippen molar-refractivity contribution in [3.8, 4) is 0 Å². The summed E-state index contributed by atoms with van der Waals surface area (Å²) in [6, 6.07) is 0.860. The monoisotopic (exact) mass is 255 g/mol. The molecule has 1 unspecified atom stereocenters. The first kappa shape index (κ1) is 14.3. The minimum Gasteiger partial charge on any atom is -0.383 e. The lowest BCUT2D eigenvalue weighted by Gasteiger charge is -2.21. The van der Waals surface area contributed by atoms with Gasteiger partial charge in [-0.2, -0.15) is 0 Å². The predicted molar refractivity (Wildman–Crippen MR) is 74.9 cm³/mol. The molecule has 2 aliphatic rings. The van der Waals surface area contributed by atoms with E-state index in [1.54, 1.807) is 7.11 Å². The highest BCUT2D eigenvalue weighted by molar-refractivity contribution is 4.84. The topological polar surface area (TPSA) is 27.7 Å². The van der Waals surface area contributed by atoms with Gasteiger partial charge in [0.1, 0.15) is 0 Å². The number of likely N-dealkylation sites (N-methyl/N-ethyl adjacent to an activating group) is 1. The maximum atomic E-state index is 5.10. The molecular formula is C14H29N3O. The standard InChI is InChI=1S/C14H29N3O/c1-16(9-10-18-2)7-8-17-6-5-13(12-17)11-15-14-3-4-14/h13-15H,3-12H2,1-2H3. The van der Waals surface area contributed by atoms with E-state index >= 15 is 0 Å². The quantitative estimate of drug-likeness (QED) is 0.654. The lowest BCUT2D eigenvalue weighted by Crippen LogP contribution is -2.34. The number of hydrogen-bond donors (Lipinski definition) is 1. The molecule has 1 N–H and O–H groups in total. The molecule has 0 spiro atoms. The van der Waals surface area contributed by atoms with E-state index in [2.05, 4.69) is 22.2 Å². The normalized spacial score (nSPS) is 25.2. The van der Waals surface area contributed by atoms with Crippen LogP contribution in [0.3, 0.4) is 0 Å². The summed E-state index contributed by atoms with van der Waals surface area (Å²) in [5.41, 5.74) is 0. The van der Waals surface area contributed by atoms with Gasteiger partial charge in [0.15, 0.2) is 0 Å². The van der Waals surface area contributed by atoms with Crippen LogP contribution in [-0.2, 0) is 4.74 Å². The van der Waals surface area contributed by atoms with E-state index in [1.807, 2.05) is 0 Å². The van der Waals surface area contributed by atoms with Crippen molar-refractivity contribution in [3.63, 3.8) is 0 Å². The first-order valence-electron chi connectivity index (χ1n) is 7.41. The molecule has 1 saturated carbocycles. The third-order valence-electron chi connectivity index (χ3n) is 4.12. The molecule has 1 atom stereocenters. The molecule has 18 heavy (non-hydrogen) atoms. The summed E-state index contributed by atoms with van der Waals surface area (Å²) >= 11 is 0. The van der Waals surface area contributed by atoms with Gasteiger partial charge in [-0.1, -0.05) is 0 Å². The zero-order valence-corrected chi connectivity index (χ0v) is 12.0. The highest BCUT2D eigenvalue weighted by Gasteiger charge is 2.25. The van der Waals surface area contributed by atoms with Gasteiger partial charge in [-0.05, 0) is 45.3 Å². The van der Waals surface area contributed by atoms with Crippen molar-refractivity contribution in [2.75, 3.05) is 60.0 Å². The van der Waals surface area contributed by atoms with Crippen LogP contribution in [-0.4, -0.2) is 75.9 Å². The molecule has 0 aromatic rings. The van der Waals surface area contributed by atoms with E-state index in [4.69, 9.17) is 4.74 Å². The van der Waals surface area contributed by atoms with Crippen LogP contribution in [0.1, 0.15) is 19.3 Å². The molecule has 0 radical (unpaired) electrons. The molecule has 4 heteroatoms. The maximum absolute atomic E-state index is 5.10. The summed E-state index contributed by atoms with van der Waals surface area (Å²) in [7, 11) is 3.95. The van der Waals surface area contributed by atoms with Crippen LogP contribution in [0.25, 0.3) is 0 Å². The number of methoxy groups -OCH3 is 1. The average Bonchev–Trinajstić information content (AvgIpc) is 3.10. The van der Waals surface area contributed by atoms with Crippen LogP contribution in [0.15, 0.2) is 0 Å². The third-order valence-corrected chi connectivity index (χ3v) is 4.12. The van der Waals surface area contributed by atoms with Gasteiger partial charge in [-0.25, -0.2) is 0 Å². The first-order chi connectivity index (χ1) is 8.78. The Morgan fingerprint density at radius 1 is 1.28 bits per heavy atom. The molecule has 2 rings (SSSR count). The lowest BCUT2D eigenvalue weighted by atomic mass is 10.1. The Hall–Kier alpha value is -0.160. The number of nitrogens with zero attached hydrogens (tertiary/aromatic N) is 2. The fourth-order valence-corrected chi connectivity index (χ4v) is 2.57. The zero-order chi connectivity index (χ0) is 12.8. The smallest absolute Gasteiger partial charge is 0.0589 e. The molecule has 106 valence electrons. The summed E-state index contributed by atoms with van der Waals surface area (Å²) in [6.07, 6.45) is 4.18. The summed E-state index contributed by atoms with van der Waals surface area (Å²) in [6.45, 7) is 8.06. The summed E-state index contributed by atoms with van der Waals surface area (Å²) in [5.74, 6) is 0.884. The van der Waals surface area contributed by atoms with Crippen LogP contribution in [0.5, 0.6) is 0 Å². The zero-order valence-electron chi connectivity index (χ0n) is 12.0. The molecule has 0 aromatic heterocycles. The Kier molecular flexibility index (Phi) is 5.89. The third kappa shape index (κ3) is 5.22. The Labute approximate surface area is 112 Å². The summed E-state index contributed by atoms with van der Waals surface area (Å²) in [5, 5.41) is 3.66. The van der Waals surface area contributed by atoms with Crippen LogP contribution in [0.4, 0.5) is 0 Å². The highest BCUT2D eigenvalue weighted by atomic mass is 16.5. The SMILES string of the molecule is COCCN(C)CCN1CCC(CNC2CC2)C1. The van der Waals surface area contributed by atoms with Crippen molar-refractivity contribution in [2.45, 2.75) is 25.3 Å². The molecular weight excluding hydrogens is 226 g/mol. The maximum Gasteiger partial charge on any atom is 0.0589 e. The number of hydrogen-bond acceptors (Lipinski definition) is 4. The number of rotatable bonds is 9. The van der Waals surface area contributed by atoms with Crippen LogP contribution in [0.2, 0.25) is 0 Å². The fourth-order valence-electron chi connectivity index (χ4n) is 2.57. The van der Waals surface area contributed by atoms with E-state index in [1.165, 1.54) is 45.4 Å². The second-order valence-corrected chi connectivity index (χ2v) is 5.93. The Bertz CT molecular complexity index is 233. The average molecular weight is 255 g/mol. The van der Waals surface area contributed by atoms with E-state index in [0.717, 1.165) is 31.7 Å². The number of likely N-dealkylation sites (tertiary alicyclic amines) is 1. The van der Waals surface area contributed by atoms with Gasteiger partial charge in [0.05, 0.1) is 6.61 Å². The van der Waals surface area contributed by atoms with E-state index in [-0.39, 0.29) is 0 Å². The van der Waals surface area contributed by atoms with Gasteiger partial charge < -0.3 is 19.9 Å². The molecule has 1 aliphatic carbocycles. The van der Waals surface area contributed by atoms with Crippen molar-refractivity contribution in [3.05, 3.63) is 0 Å². The first-order valence-corrected chi connectivity index (χ1v) is 7.41. The fraction of sp³-hybridized carbons (Fsp3) is 1.00. The van der Waals surface area contributed by atoms with E-state index in [9.17, 15) is 0 Å². The number of ether oxygens (including phenoxy) is 1. The summed E-state index contributed by atoms with van der Waals surface area (Å²) < 4.78 is 5.10. The van der Waals surface area contributed by atoms with Crippen LogP contribution >= 0.6 is 0 Å². The van der Waals surface area contributed by atoms with E-state index < -0.39 is 0 Å². The minimum absolute atomic E-state index is 0.838. The van der Waals surface area contributed by atoms with Gasteiger partial charge in [0, 0.05) is 39.3 Å². The van der Waals surface area contributed by atoms with Crippen molar-refractivity contribution < 1.29 is 4.74 Å². The van der Waals surface area contributed by atoms with E-state index in [0.29, 0.717) is 0 Å². The van der Waals surface area contributed by atoms with Crippen molar-refractivity contribution in [2.24, 2.45) is 5.92 Å². The largest absolute Gasteiger partial charge is 0.383 e. The molecule has 1 aliphatic heterocycles. The molecule has 4 nitrogen and oxygen atoms in total. The second kappa shape index (κ2) is 7.43. The van der Waals surface area contributed by atoms with Gasteiger partial charge in [0.2, 0.25) is 0 Å². The minimum atomic E-state index is 0.838. The Morgan fingerprint density at radius 3 is 2.83 bits per heavy atom. The molecule has 0 amide bonds. The number of nitrogens with one attached hydrogen (secondary N) is 1. The van der Waals surface area contributed by atoms with Gasteiger partial charge in [-0.15, -0.1) is 0 Å². The van der Waals surface area contributed by atoms with Gasteiger partial charge in [-0.3, -0.25) is 0 Å². The van der Waals surface area contributed by atoms with Crippen molar-refractivity contribution >= 4 is 0 Å². The van der Waals surface area contributed by atoms with Crippen LogP contribution in [0, 0.1) is 5.92 Å². The molecule has 0 aromatic carbocycles. The Morgan fingerprint density at radius 2 is 2.11 bits per heavy atom. The highest BCUT2D eigenvalue weighted by Crippen LogP contribution is 2.21. The molecule has 0 bridgehead atoms. The molecule has 2 fully saturated rings.